The van der Waals surface area contributed by atoms with Gasteiger partial charge in [-0.15, -0.1) is 0 Å². The van der Waals surface area contributed by atoms with Crippen LogP contribution in [-0.2, 0) is 24.7 Å². The second-order valence-corrected chi connectivity index (χ2v) is 9.99. The first-order valence-corrected chi connectivity index (χ1v) is 9.97. The molecule has 0 aromatic heterocycles. The monoisotopic (exact) mass is 327 g/mol. The molecular weight excluding hydrogens is 306 g/mol. The Bertz CT molecular complexity index is 580. The molecule has 118 valence electrons. The molecule has 7 nitrogen and oxygen atoms in total. The molecule has 1 aliphatic rings. The molecule has 1 N–H and O–H groups in total. The number of rotatable bonds is 6. The minimum absolute atomic E-state index is 0.0912. The van der Waals surface area contributed by atoms with Crippen molar-refractivity contribution in [1.82, 2.24) is 4.31 Å². The van der Waals surface area contributed by atoms with Gasteiger partial charge in [-0.3, -0.25) is 4.79 Å². The van der Waals surface area contributed by atoms with Crippen LogP contribution in [0.2, 0.25) is 0 Å². The van der Waals surface area contributed by atoms with E-state index >= 15 is 0 Å². The van der Waals surface area contributed by atoms with Gasteiger partial charge in [0.25, 0.3) is 0 Å². The predicted molar refractivity (Wildman–Crippen MR) is 74.6 cm³/mol. The van der Waals surface area contributed by atoms with E-state index in [4.69, 9.17) is 0 Å². The summed E-state index contributed by atoms with van der Waals surface area (Å²) in [6, 6.07) is 0. The molecule has 0 aromatic carbocycles. The third-order valence-corrected chi connectivity index (χ3v) is 6.93. The van der Waals surface area contributed by atoms with Crippen molar-refractivity contribution in [3.05, 3.63) is 0 Å². The Morgan fingerprint density at radius 3 is 2.15 bits per heavy atom. The lowest BCUT2D eigenvalue weighted by molar-refractivity contribution is -0.150. The topological polar surface area (TPSA) is 109 Å². The van der Waals surface area contributed by atoms with Crippen molar-refractivity contribution in [3.8, 4) is 0 Å². The minimum atomic E-state index is -3.74. The van der Waals surface area contributed by atoms with Crippen molar-refractivity contribution in [2.45, 2.75) is 20.3 Å². The first-order valence-electron chi connectivity index (χ1n) is 6.30. The number of nitrogens with zero attached hydrogens (tertiary/aromatic N) is 1. The van der Waals surface area contributed by atoms with Gasteiger partial charge in [-0.1, -0.05) is 13.8 Å². The summed E-state index contributed by atoms with van der Waals surface area (Å²) in [7, 11) is -7.11. The van der Waals surface area contributed by atoms with Gasteiger partial charge in [-0.2, -0.15) is 0 Å². The van der Waals surface area contributed by atoms with E-state index < -0.39 is 42.8 Å². The highest BCUT2D eigenvalue weighted by molar-refractivity contribution is 7.93. The highest BCUT2D eigenvalue weighted by atomic mass is 32.2. The van der Waals surface area contributed by atoms with Crippen LogP contribution in [-0.4, -0.2) is 63.1 Å². The average molecular weight is 327 g/mol. The maximum Gasteiger partial charge on any atom is 0.311 e. The smallest absolute Gasteiger partial charge is 0.311 e. The Kier molecular flexibility index (Phi) is 4.87. The van der Waals surface area contributed by atoms with Crippen molar-refractivity contribution in [1.29, 1.82) is 0 Å². The summed E-state index contributed by atoms with van der Waals surface area (Å²) >= 11 is 0. The van der Waals surface area contributed by atoms with Gasteiger partial charge >= 0.3 is 5.97 Å². The quantitative estimate of drug-likeness (QED) is 0.723. The molecule has 1 saturated heterocycles. The van der Waals surface area contributed by atoms with Gasteiger partial charge in [-0.05, 0) is 12.3 Å². The van der Waals surface area contributed by atoms with E-state index in [0.717, 1.165) is 10.6 Å². The number of hydrogen-bond donors (Lipinski definition) is 1. The van der Waals surface area contributed by atoms with Crippen LogP contribution in [0.25, 0.3) is 0 Å². The Labute approximate surface area is 119 Å². The number of hydrogen-bond acceptors (Lipinski definition) is 5. The second kappa shape index (κ2) is 5.61. The molecule has 1 heterocycles. The molecule has 0 saturated carbocycles. The number of sulfonamides is 1. The fourth-order valence-corrected chi connectivity index (χ4v) is 5.42. The number of aliphatic carboxylic acids is 1. The Hall–Kier alpha value is -0.670. The first-order chi connectivity index (χ1) is 8.91. The fourth-order valence-electron chi connectivity index (χ4n) is 2.31. The van der Waals surface area contributed by atoms with Crippen LogP contribution >= 0.6 is 0 Å². The molecule has 1 fully saturated rings. The summed E-state index contributed by atoms with van der Waals surface area (Å²) < 4.78 is 47.4. The zero-order valence-electron chi connectivity index (χ0n) is 11.9. The molecule has 0 aliphatic carbocycles. The number of carboxylic acid groups (broad SMARTS) is 1. The van der Waals surface area contributed by atoms with E-state index in [0.29, 0.717) is 0 Å². The third kappa shape index (κ3) is 3.70. The molecule has 0 amide bonds. The van der Waals surface area contributed by atoms with Crippen LogP contribution in [0.4, 0.5) is 0 Å². The number of sulfone groups is 1. The van der Waals surface area contributed by atoms with Gasteiger partial charge in [0.1, 0.15) is 9.84 Å². The maximum atomic E-state index is 12.1. The average Bonchev–Trinajstić information content (AvgIpc) is 2.72. The van der Waals surface area contributed by atoms with E-state index in [9.17, 15) is 26.7 Å². The molecular formula is C11H21NO6S2. The SMILES string of the molecule is CC(C)C1(C(=O)O)CCN(S(=O)(=O)CCS(C)(=O)=O)C1. The zero-order valence-corrected chi connectivity index (χ0v) is 13.5. The van der Waals surface area contributed by atoms with E-state index in [1.807, 2.05) is 0 Å². The lowest BCUT2D eigenvalue weighted by atomic mass is 9.77. The van der Waals surface area contributed by atoms with E-state index in [2.05, 4.69) is 0 Å². The zero-order chi connectivity index (χ0) is 15.8. The highest BCUT2D eigenvalue weighted by Crippen LogP contribution is 2.39. The molecule has 0 radical (unpaired) electrons. The van der Waals surface area contributed by atoms with Gasteiger partial charge < -0.3 is 5.11 Å². The van der Waals surface area contributed by atoms with Gasteiger partial charge in [0, 0.05) is 19.3 Å². The van der Waals surface area contributed by atoms with Crippen LogP contribution in [0.15, 0.2) is 0 Å². The van der Waals surface area contributed by atoms with Crippen LogP contribution < -0.4 is 0 Å². The van der Waals surface area contributed by atoms with Gasteiger partial charge in [0.05, 0.1) is 16.9 Å². The third-order valence-electron chi connectivity index (χ3n) is 3.90. The summed E-state index contributed by atoms with van der Waals surface area (Å²) in [6.07, 6.45) is 1.22. The number of carboxylic acids is 1. The lowest BCUT2D eigenvalue weighted by Crippen LogP contribution is -2.41. The van der Waals surface area contributed by atoms with Crippen molar-refractivity contribution >= 4 is 25.8 Å². The van der Waals surface area contributed by atoms with Crippen LogP contribution in [0.5, 0.6) is 0 Å². The summed E-state index contributed by atoms with van der Waals surface area (Å²) in [5, 5.41) is 9.36. The van der Waals surface area contributed by atoms with Crippen molar-refractivity contribution in [3.63, 3.8) is 0 Å². The summed E-state index contributed by atoms with van der Waals surface area (Å²) in [5.74, 6) is -2.16. The summed E-state index contributed by atoms with van der Waals surface area (Å²) in [5.41, 5.74) is -1.09. The van der Waals surface area contributed by atoms with Crippen molar-refractivity contribution < 1.29 is 26.7 Å². The summed E-state index contributed by atoms with van der Waals surface area (Å²) in [4.78, 5) is 11.4. The predicted octanol–water partition coefficient (Wildman–Crippen LogP) is -0.206. The van der Waals surface area contributed by atoms with Crippen molar-refractivity contribution in [2.24, 2.45) is 11.3 Å². The number of carbonyl (C=O) groups is 1. The maximum absolute atomic E-state index is 12.1. The van der Waals surface area contributed by atoms with Gasteiger partial charge in [-0.25, -0.2) is 21.1 Å². The van der Waals surface area contributed by atoms with Gasteiger partial charge in [0.2, 0.25) is 10.0 Å². The highest BCUT2D eigenvalue weighted by Gasteiger charge is 2.50. The van der Waals surface area contributed by atoms with Crippen LogP contribution in [0.1, 0.15) is 20.3 Å². The van der Waals surface area contributed by atoms with Crippen LogP contribution in [0.3, 0.4) is 0 Å². The van der Waals surface area contributed by atoms with E-state index in [1.165, 1.54) is 0 Å². The molecule has 9 heteroatoms. The molecule has 20 heavy (non-hydrogen) atoms. The molecule has 0 spiro atoms. The minimum Gasteiger partial charge on any atom is -0.481 e. The fraction of sp³-hybridized carbons (Fsp3) is 0.909. The lowest BCUT2D eigenvalue weighted by Gasteiger charge is -2.28. The molecule has 1 unspecified atom stereocenters. The normalized spacial score (nSPS) is 25.2. The van der Waals surface area contributed by atoms with Crippen LogP contribution in [0, 0.1) is 11.3 Å². The Morgan fingerprint density at radius 1 is 1.25 bits per heavy atom. The van der Waals surface area contributed by atoms with Gasteiger partial charge in [0.15, 0.2) is 0 Å². The largest absolute Gasteiger partial charge is 0.481 e. The Balaban J connectivity index is 2.88. The molecule has 1 atom stereocenters. The molecule has 1 rings (SSSR count). The molecule has 0 bridgehead atoms. The van der Waals surface area contributed by atoms with E-state index in [-0.39, 0.29) is 25.4 Å². The second-order valence-electron chi connectivity index (χ2n) is 5.65. The molecule has 0 aromatic rings. The Morgan fingerprint density at radius 2 is 1.80 bits per heavy atom. The van der Waals surface area contributed by atoms with Crippen molar-refractivity contribution in [2.75, 3.05) is 30.9 Å². The molecule has 1 aliphatic heterocycles. The van der Waals surface area contributed by atoms with E-state index in [1.54, 1.807) is 13.8 Å². The first kappa shape index (κ1) is 17.4. The summed E-state index contributed by atoms with van der Waals surface area (Å²) in [6.45, 7) is 3.53. The standard InChI is InChI=1S/C11H21NO6S2/c1-9(2)11(10(13)14)4-5-12(8-11)20(17,18)7-6-19(3,15)16/h9H,4-8H2,1-3H3,(H,13,14).